The highest BCUT2D eigenvalue weighted by atomic mass is 32.1. The topological polar surface area (TPSA) is 198 Å². The minimum Gasteiger partial charge on any atom is -0.497 e. The maximum Gasteiger partial charge on any atom is 0.275 e. The monoisotopic (exact) mass is 633 g/mol. The van der Waals surface area contributed by atoms with Crippen LogP contribution in [-0.4, -0.2) is 57.2 Å². The zero-order valence-electron chi connectivity index (χ0n) is 25.5. The molecule has 236 valence electrons. The van der Waals surface area contributed by atoms with Crippen LogP contribution in [0.4, 0.5) is 16.5 Å². The first-order chi connectivity index (χ1) is 21.4. The Morgan fingerprint density at radius 3 is 2.16 bits per heavy atom. The summed E-state index contributed by atoms with van der Waals surface area (Å²) in [4.78, 5) is 56.8. The van der Waals surface area contributed by atoms with Gasteiger partial charge in [-0.2, -0.15) is 0 Å². The lowest BCUT2D eigenvalue weighted by molar-refractivity contribution is 0.0944. The van der Waals surface area contributed by atoms with Crippen molar-refractivity contribution in [3.63, 3.8) is 0 Å². The number of nitrogens with zero attached hydrogens (tertiary/aromatic N) is 3. The average molecular weight is 634 g/mol. The minimum atomic E-state index is -0.488. The third kappa shape index (κ3) is 7.94. The Bertz CT molecular complexity index is 1770. The van der Waals surface area contributed by atoms with Gasteiger partial charge in [-0.15, -0.1) is 11.3 Å². The van der Waals surface area contributed by atoms with E-state index in [1.54, 1.807) is 59.9 Å². The highest BCUT2D eigenvalue weighted by molar-refractivity contribution is 7.16. The second-order valence-electron chi connectivity index (χ2n) is 10.5. The van der Waals surface area contributed by atoms with Crippen LogP contribution in [0.15, 0.2) is 48.8 Å². The number of carbonyl (C=O) groups is 4. The number of methoxy groups -OCH3 is 1. The van der Waals surface area contributed by atoms with Gasteiger partial charge in [-0.3, -0.25) is 29.9 Å². The second-order valence-corrected chi connectivity index (χ2v) is 11.5. The molecule has 7 N–H and O–H groups in total. The number of aryl methyl sites for hydroxylation is 2. The molecule has 4 amide bonds. The summed E-state index contributed by atoms with van der Waals surface area (Å²) in [5.41, 5.74) is 7.23. The number of amidine groups is 1. The lowest BCUT2D eigenvalue weighted by Gasteiger charge is -2.05. The summed E-state index contributed by atoms with van der Waals surface area (Å²) in [6.07, 6.45) is 3.43. The molecule has 0 aliphatic heterocycles. The summed E-state index contributed by atoms with van der Waals surface area (Å²) in [5.74, 6) is -1.23. The number of aromatic nitrogens is 3. The Labute approximate surface area is 263 Å². The zero-order valence-corrected chi connectivity index (χ0v) is 26.3. The number of carbonyl (C=O) groups excluding carboxylic acids is 4. The number of anilines is 3. The maximum atomic E-state index is 13.3. The number of amides is 4. The SMILES string of the molecule is COc1cccc(C(=O)Nc2nc(C(=O)Nc3cc(C(=O)Nc4cc(C(=O)NCCC(=N)N)n(C)c4)n(C)c3)c(C(C)C)s2)c1. The molecule has 0 bridgehead atoms. The number of ether oxygens (including phenoxy) is 1. The van der Waals surface area contributed by atoms with Crippen molar-refractivity contribution in [3.8, 4) is 5.75 Å². The molecule has 14 nitrogen and oxygen atoms in total. The first-order valence-electron chi connectivity index (χ1n) is 13.9. The molecule has 15 heteroatoms. The van der Waals surface area contributed by atoms with Gasteiger partial charge < -0.3 is 35.6 Å². The fourth-order valence-electron chi connectivity index (χ4n) is 4.38. The molecular formula is C30H35N9O5S. The van der Waals surface area contributed by atoms with Gasteiger partial charge in [-0.05, 0) is 36.2 Å². The van der Waals surface area contributed by atoms with E-state index in [4.69, 9.17) is 15.9 Å². The van der Waals surface area contributed by atoms with Crippen LogP contribution in [0, 0.1) is 5.41 Å². The summed E-state index contributed by atoms with van der Waals surface area (Å²) in [6, 6.07) is 9.76. The molecule has 1 aromatic carbocycles. The van der Waals surface area contributed by atoms with Crippen LogP contribution in [0.1, 0.15) is 72.9 Å². The number of nitrogens with one attached hydrogen (secondary N) is 5. The highest BCUT2D eigenvalue weighted by Gasteiger charge is 2.23. The van der Waals surface area contributed by atoms with Crippen LogP contribution in [0.25, 0.3) is 0 Å². The molecule has 0 unspecified atom stereocenters. The third-order valence-corrected chi connectivity index (χ3v) is 7.89. The van der Waals surface area contributed by atoms with Crippen molar-refractivity contribution >= 4 is 57.3 Å². The first-order valence-corrected chi connectivity index (χ1v) is 14.7. The minimum absolute atomic E-state index is 0.0287. The third-order valence-electron chi connectivity index (χ3n) is 6.62. The normalized spacial score (nSPS) is 10.8. The molecule has 0 saturated heterocycles. The predicted octanol–water partition coefficient (Wildman–Crippen LogP) is 3.76. The van der Waals surface area contributed by atoms with Crippen LogP contribution < -0.4 is 31.7 Å². The van der Waals surface area contributed by atoms with Gasteiger partial charge >= 0.3 is 0 Å². The Hall–Kier alpha value is -5.44. The summed E-state index contributed by atoms with van der Waals surface area (Å²) in [5, 5.41) is 18.5. The summed E-state index contributed by atoms with van der Waals surface area (Å²) >= 11 is 1.21. The van der Waals surface area contributed by atoms with E-state index in [9.17, 15) is 19.2 Å². The molecular weight excluding hydrogens is 598 g/mol. The number of hydrogen-bond acceptors (Lipinski definition) is 8. The van der Waals surface area contributed by atoms with Gasteiger partial charge in [0.2, 0.25) is 0 Å². The van der Waals surface area contributed by atoms with Gasteiger partial charge in [0, 0.05) is 49.9 Å². The molecule has 0 radical (unpaired) electrons. The number of nitrogens with two attached hydrogens (primary N) is 1. The van der Waals surface area contributed by atoms with Crippen LogP contribution in [0.5, 0.6) is 5.75 Å². The Kier molecular flexibility index (Phi) is 10.0. The molecule has 3 heterocycles. The van der Waals surface area contributed by atoms with Gasteiger partial charge in [0.15, 0.2) is 5.13 Å². The van der Waals surface area contributed by atoms with E-state index in [1.807, 2.05) is 13.8 Å². The molecule has 3 aromatic heterocycles. The fourth-order valence-corrected chi connectivity index (χ4v) is 5.34. The average Bonchev–Trinajstić information content (AvgIpc) is 3.69. The number of rotatable bonds is 12. The molecule has 45 heavy (non-hydrogen) atoms. The summed E-state index contributed by atoms with van der Waals surface area (Å²) in [6.45, 7) is 4.07. The fraction of sp³-hybridized carbons (Fsp3) is 0.267. The Balaban J connectivity index is 1.44. The van der Waals surface area contributed by atoms with Crippen molar-refractivity contribution in [2.24, 2.45) is 19.8 Å². The van der Waals surface area contributed by atoms with E-state index in [0.29, 0.717) is 33.3 Å². The maximum absolute atomic E-state index is 13.3. The molecule has 0 aliphatic carbocycles. The van der Waals surface area contributed by atoms with Crippen LogP contribution in [-0.2, 0) is 14.1 Å². The van der Waals surface area contributed by atoms with Gasteiger partial charge in [0.1, 0.15) is 22.8 Å². The molecule has 4 aromatic rings. The Morgan fingerprint density at radius 2 is 1.56 bits per heavy atom. The van der Waals surface area contributed by atoms with E-state index in [0.717, 1.165) is 0 Å². The molecule has 0 spiro atoms. The van der Waals surface area contributed by atoms with Gasteiger partial charge in [0.05, 0.1) is 24.3 Å². The largest absolute Gasteiger partial charge is 0.497 e. The molecule has 0 atom stereocenters. The van der Waals surface area contributed by atoms with Crippen molar-refractivity contribution < 1.29 is 23.9 Å². The predicted molar refractivity (Wildman–Crippen MR) is 173 cm³/mol. The van der Waals surface area contributed by atoms with Crippen molar-refractivity contribution in [1.29, 1.82) is 5.41 Å². The lowest BCUT2D eigenvalue weighted by atomic mass is 10.1. The highest BCUT2D eigenvalue weighted by Crippen LogP contribution is 2.31. The molecule has 0 aliphatic rings. The van der Waals surface area contributed by atoms with E-state index in [1.165, 1.54) is 30.6 Å². The number of thiazole rings is 1. The lowest BCUT2D eigenvalue weighted by Crippen LogP contribution is -2.28. The van der Waals surface area contributed by atoms with E-state index < -0.39 is 11.8 Å². The van der Waals surface area contributed by atoms with Crippen LogP contribution in [0.2, 0.25) is 0 Å². The standard InChI is InChI=1S/C30H35N9O5S/c1-16(2)25-24(36-30(45-25)37-26(40)17-7-6-8-20(11-17)44-5)29(43)35-19-13-22(39(4)15-19)28(42)34-18-12-21(38(3)14-18)27(41)33-10-9-23(31)32/h6-8,11-16H,9-10H2,1-5H3,(H3,31,32)(H,33,41)(H,34,42)(H,35,43)(H,36,37,40). The number of hydrogen-bond donors (Lipinski definition) is 6. The quantitative estimate of drug-likeness (QED) is 0.101. The van der Waals surface area contributed by atoms with Crippen LogP contribution in [0.3, 0.4) is 0 Å². The van der Waals surface area contributed by atoms with Crippen molar-refractivity contribution in [2.45, 2.75) is 26.2 Å². The van der Waals surface area contributed by atoms with Gasteiger partial charge in [-0.1, -0.05) is 19.9 Å². The molecule has 0 saturated carbocycles. The van der Waals surface area contributed by atoms with Crippen LogP contribution >= 0.6 is 11.3 Å². The zero-order chi connectivity index (χ0) is 32.8. The van der Waals surface area contributed by atoms with Crippen molar-refractivity contribution in [2.75, 3.05) is 29.6 Å². The van der Waals surface area contributed by atoms with E-state index in [2.05, 4.69) is 26.3 Å². The smallest absolute Gasteiger partial charge is 0.275 e. The molecule has 0 fully saturated rings. The van der Waals surface area contributed by atoms with Crippen molar-refractivity contribution in [3.05, 3.63) is 76.3 Å². The summed E-state index contributed by atoms with van der Waals surface area (Å²) < 4.78 is 8.32. The number of benzene rings is 1. The van der Waals surface area contributed by atoms with E-state index in [-0.39, 0.29) is 53.1 Å². The van der Waals surface area contributed by atoms with Gasteiger partial charge in [-0.25, -0.2) is 4.98 Å². The van der Waals surface area contributed by atoms with Crippen molar-refractivity contribution in [1.82, 2.24) is 19.4 Å². The van der Waals surface area contributed by atoms with E-state index >= 15 is 0 Å². The second kappa shape index (κ2) is 13.9. The first kappa shape index (κ1) is 32.5. The summed E-state index contributed by atoms with van der Waals surface area (Å²) in [7, 11) is 4.85. The molecule has 4 rings (SSSR count). The Morgan fingerprint density at radius 1 is 0.933 bits per heavy atom. The van der Waals surface area contributed by atoms with Gasteiger partial charge in [0.25, 0.3) is 23.6 Å².